The first kappa shape index (κ1) is 16.4. The van der Waals surface area contributed by atoms with E-state index in [4.69, 9.17) is 0 Å². The number of nitrogens with one attached hydrogen (secondary N) is 1. The Bertz CT molecular complexity index is 370. The van der Waals surface area contributed by atoms with E-state index in [0.29, 0.717) is 5.25 Å². The zero-order chi connectivity index (χ0) is 14.3. The Morgan fingerprint density at radius 3 is 2.37 bits per heavy atom. The molecule has 3 nitrogen and oxygen atoms in total. The molecule has 0 aliphatic rings. The average molecular weight is 281 g/mol. The number of thioether (sulfide) groups is 1. The highest BCUT2D eigenvalue weighted by atomic mass is 32.2. The van der Waals surface area contributed by atoms with Gasteiger partial charge in [-0.2, -0.15) is 11.8 Å². The van der Waals surface area contributed by atoms with E-state index in [1.807, 2.05) is 18.8 Å². The summed E-state index contributed by atoms with van der Waals surface area (Å²) in [4.78, 5) is 9.33. The first-order valence-corrected chi connectivity index (χ1v) is 8.22. The molecule has 0 aliphatic heterocycles. The highest BCUT2D eigenvalue weighted by molar-refractivity contribution is 7.99. The molecule has 0 radical (unpaired) electrons. The van der Waals surface area contributed by atoms with Crippen LogP contribution in [0, 0.1) is 13.8 Å². The van der Waals surface area contributed by atoms with Gasteiger partial charge in [-0.1, -0.05) is 13.8 Å². The SMILES string of the molecule is CCC(C)SCc1nc(C)c(CCCNC)c(C)n1. The lowest BCUT2D eigenvalue weighted by Crippen LogP contribution is -2.11. The van der Waals surface area contributed by atoms with Crippen LogP contribution in [0.4, 0.5) is 0 Å². The summed E-state index contributed by atoms with van der Waals surface area (Å²) >= 11 is 1.94. The van der Waals surface area contributed by atoms with Gasteiger partial charge in [-0.05, 0) is 52.3 Å². The molecule has 0 aromatic carbocycles. The number of hydrogen-bond acceptors (Lipinski definition) is 4. The summed E-state index contributed by atoms with van der Waals surface area (Å²) in [7, 11) is 1.99. The molecule has 0 aliphatic carbocycles. The van der Waals surface area contributed by atoms with E-state index < -0.39 is 0 Å². The molecule has 1 heterocycles. The zero-order valence-corrected chi connectivity index (χ0v) is 13.7. The second-order valence-corrected chi connectivity index (χ2v) is 6.45. The van der Waals surface area contributed by atoms with Crippen LogP contribution in [0.15, 0.2) is 0 Å². The van der Waals surface area contributed by atoms with Crippen molar-refractivity contribution in [2.75, 3.05) is 13.6 Å². The van der Waals surface area contributed by atoms with E-state index in [1.165, 1.54) is 12.0 Å². The van der Waals surface area contributed by atoms with Gasteiger partial charge in [0.15, 0.2) is 0 Å². The summed E-state index contributed by atoms with van der Waals surface area (Å²) in [6.45, 7) is 9.75. The lowest BCUT2D eigenvalue weighted by Gasteiger charge is -2.12. The molecule has 108 valence electrons. The van der Waals surface area contributed by atoms with Gasteiger partial charge < -0.3 is 5.32 Å². The fourth-order valence-electron chi connectivity index (χ4n) is 2.01. The van der Waals surface area contributed by atoms with E-state index >= 15 is 0 Å². The molecule has 1 unspecified atom stereocenters. The standard InChI is InChI=1S/C15H27N3S/c1-6-11(2)19-10-15-17-12(3)14(13(4)18-15)8-7-9-16-5/h11,16H,6-10H2,1-5H3. The summed E-state index contributed by atoms with van der Waals surface area (Å²) in [5.74, 6) is 1.91. The van der Waals surface area contributed by atoms with Gasteiger partial charge in [0.05, 0.1) is 5.75 Å². The Kier molecular flexibility index (Phi) is 7.39. The first-order chi connectivity index (χ1) is 9.08. The normalized spacial score (nSPS) is 12.7. The molecule has 1 atom stereocenters. The molecule has 1 N–H and O–H groups in total. The Morgan fingerprint density at radius 2 is 1.84 bits per heavy atom. The number of rotatable bonds is 8. The largest absolute Gasteiger partial charge is 0.320 e. The van der Waals surface area contributed by atoms with Crippen molar-refractivity contribution >= 4 is 11.8 Å². The van der Waals surface area contributed by atoms with Crippen molar-refractivity contribution in [3.05, 3.63) is 22.8 Å². The molecule has 19 heavy (non-hydrogen) atoms. The Balaban J connectivity index is 2.67. The monoisotopic (exact) mass is 281 g/mol. The lowest BCUT2D eigenvalue weighted by atomic mass is 10.1. The Labute approximate surface area is 122 Å². The van der Waals surface area contributed by atoms with Gasteiger partial charge in [0.25, 0.3) is 0 Å². The van der Waals surface area contributed by atoms with Crippen LogP contribution >= 0.6 is 11.8 Å². The van der Waals surface area contributed by atoms with Crippen molar-refractivity contribution in [1.82, 2.24) is 15.3 Å². The predicted octanol–water partition coefficient (Wildman–Crippen LogP) is 3.28. The van der Waals surface area contributed by atoms with Gasteiger partial charge in [0.1, 0.15) is 5.82 Å². The van der Waals surface area contributed by atoms with Gasteiger partial charge in [-0.3, -0.25) is 0 Å². The van der Waals surface area contributed by atoms with Gasteiger partial charge >= 0.3 is 0 Å². The van der Waals surface area contributed by atoms with E-state index in [1.54, 1.807) is 0 Å². The van der Waals surface area contributed by atoms with Crippen molar-refractivity contribution in [2.45, 2.75) is 58.0 Å². The van der Waals surface area contributed by atoms with E-state index in [-0.39, 0.29) is 0 Å². The maximum absolute atomic E-state index is 4.67. The third-order valence-corrected chi connectivity index (χ3v) is 4.72. The first-order valence-electron chi connectivity index (χ1n) is 7.17. The van der Waals surface area contributed by atoms with Crippen molar-refractivity contribution in [2.24, 2.45) is 0 Å². The third-order valence-electron chi connectivity index (χ3n) is 3.39. The van der Waals surface area contributed by atoms with E-state index in [9.17, 15) is 0 Å². The highest BCUT2D eigenvalue weighted by Crippen LogP contribution is 2.20. The van der Waals surface area contributed by atoms with Crippen molar-refractivity contribution in [1.29, 1.82) is 0 Å². The van der Waals surface area contributed by atoms with Crippen LogP contribution in [0.1, 0.15) is 49.5 Å². The quantitative estimate of drug-likeness (QED) is 0.742. The summed E-state index contributed by atoms with van der Waals surface area (Å²) in [5, 5.41) is 3.86. The Morgan fingerprint density at radius 1 is 1.21 bits per heavy atom. The number of aromatic nitrogens is 2. The van der Waals surface area contributed by atoms with E-state index in [0.717, 1.165) is 42.4 Å². The minimum atomic E-state index is 0.680. The summed E-state index contributed by atoms with van der Waals surface area (Å²) < 4.78 is 0. The molecule has 0 amide bonds. The second-order valence-electron chi connectivity index (χ2n) is 5.03. The summed E-state index contributed by atoms with van der Waals surface area (Å²) in [5.41, 5.74) is 3.64. The smallest absolute Gasteiger partial charge is 0.138 e. The van der Waals surface area contributed by atoms with Crippen molar-refractivity contribution in [3.8, 4) is 0 Å². The molecule has 1 aromatic rings. The topological polar surface area (TPSA) is 37.8 Å². The number of nitrogens with zero attached hydrogens (tertiary/aromatic N) is 2. The van der Waals surface area contributed by atoms with Crippen LogP contribution in [0.5, 0.6) is 0 Å². The molecule has 0 saturated heterocycles. The van der Waals surface area contributed by atoms with Crippen LogP contribution in [-0.4, -0.2) is 28.8 Å². The maximum Gasteiger partial charge on any atom is 0.138 e. The molecule has 0 spiro atoms. The Hall–Kier alpha value is -0.610. The van der Waals surface area contributed by atoms with Gasteiger partial charge in [0.2, 0.25) is 0 Å². The van der Waals surface area contributed by atoms with Crippen molar-refractivity contribution in [3.63, 3.8) is 0 Å². The average Bonchev–Trinajstić information content (AvgIpc) is 2.39. The van der Waals surface area contributed by atoms with E-state index in [2.05, 4.69) is 43.0 Å². The molecule has 0 bridgehead atoms. The fourth-order valence-corrected chi connectivity index (χ4v) is 2.81. The maximum atomic E-state index is 4.67. The van der Waals surface area contributed by atoms with Crippen LogP contribution in [0.3, 0.4) is 0 Å². The van der Waals surface area contributed by atoms with Gasteiger partial charge in [0, 0.05) is 16.6 Å². The molecule has 4 heteroatoms. The molecule has 0 fully saturated rings. The molecule has 0 saturated carbocycles. The predicted molar refractivity (Wildman–Crippen MR) is 84.8 cm³/mol. The lowest BCUT2D eigenvalue weighted by molar-refractivity contribution is 0.713. The van der Waals surface area contributed by atoms with Crippen LogP contribution in [0.25, 0.3) is 0 Å². The van der Waals surface area contributed by atoms with Crippen LogP contribution < -0.4 is 5.32 Å². The molecular formula is C15H27N3S. The van der Waals surface area contributed by atoms with Crippen LogP contribution in [0.2, 0.25) is 0 Å². The minimum Gasteiger partial charge on any atom is -0.320 e. The second kappa shape index (κ2) is 8.54. The number of hydrogen-bond donors (Lipinski definition) is 1. The van der Waals surface area contributed by atoms with Gasteiger partial charge in [-0.25, -0.2) is 9.97 Å². The van der Waals surface area contributed by atoms with Crippen molar-refractivity contribution < 1.29 is 0 Å². The number of aryl methyl sites for hydroxylation is 2. The highest BCUT2D eigenvalue weighted by Gasteiger charge is 2.09. The third kappa shape index (κ3) is 5.49. The molecule has 1 aromatic heterocycles. The molecule has 1 rings (SSSR count). The van der Waals surface area contributed by atoms with Gasteiger partial charge in [-0.15, -0.1) is 0 Å². The van der Waals surface area contributed by atoms with Crippen LogP contribution in [-0.2, 0) is 12.2 Å². The minimum absolute atomic E-state index is 0.680. The summed E-state index contributed by atoms with van der Waals surface area (Å²) in [6, 6.07) is 0. The zero-order valence-electron chi connectivity index (χ0n) is 12.9. The molecular weight excluding hydrogens is 254 g/mol. The summed E-state index contributed by atoms with van der Waals surface area (Å²) in [6.07, 6.45) is 3.41. The fraction of sp³-hybridized carbons (Fsp3) is 0.733.